The lowest BCUT2D eigenvalue weighted by Gasteiger charge is -2.07. The first-order valence-electron chi connectivity index (χ1n) is 7.45. The van der Waals surface area contributed by atoms with Crippen molar-refractivity contribution in [3.63, 3.8) is 0 Å². The first-order valence-corrected chi connectivity index (χ1v) is 7.45. The zero-order valence-corrected chi connectivity index (χ0v) is 13.4. The number of rotatable bonds is 8. The fourth-order valence-corrected chi connectivity index (χ4v) is 2.33. The summed E-state index contributed by atoms with van der Waals surface area (Å²) in [5.74, 6) is -0.0416. The van der Waals surface area contributed by atoms with Gasteiger partial charge < -0.3 is 15.4 Å². The highest BCUT2D eigenvalue weighted by Gasteiger charge is 2.10. The lowest BCUT2D eigenvalue weighted by Crippen LogP contribution is -2.27. The van der Waals surface area contributed by atoms with Gasteiger partial charge in [0.05, 0.1) is 0 Å². The molecule has 2 rings (SSSR count). The summed E-state index contributed by atoms with van der Waals surface area (Å²) in [7, 11) is 0. The van der Waals surface area contributed by atoms with Crippen LogP contribution in [0.4, 0.5) is 0 Å². The van der Waals surface area contributed by atoms with Crippen LogP contribution in [0.15, 0.2) is 18.2 Å². The van der Waals surface area contributed by atoms with Crippen LogP contribution >= 0.6 is 12.4 Å². The molecule has 0 saturated heterocycles. The number of hydrogen-bond donors (Lipinski definition) is 2. The van der Waals surface area contributed by atoms with Gasteiger partial charge in [0.1, 0.15) is 6.61 Å². The molecule has 0 bridgehead atoms. The monoisotopic (exact) mass is 312 g/mol. The Morgan fingerprint density at radius 1 is 1.29 bits per heavy atom. The van der Waals surface area contributed by atoms with Crippen LogP contribution in [-0.2, 0) is 29.2 Å². The van der Waals surface area contributed by atoms with Gasteiger partial charge in [0.15, 0.2) is 0 Å². The lowest BCUT2D eigenvalue weighted by atomic mass is 10.1. The van der Waals surface area contributed by atoms with E-state index in [1.807, 2.05) is 0 Å². The molecule has 0 unspecified atom stereocenters. The molecule has 0 fully saturated rings. The molecule has 0 atom stereocenters. The Kier molecular flexibility index (Phi) is 8.35. The van der Waals surface area contributed by atoms with E-state index in [-0.39, 0.29) is 24.9 Å². The Hall–Kier alpha value is -1.10. The summed E-state index contributed by atoms with van der Waals surface area (Å²) >= 11 is 0. The number of carbonyl (C=O) groups is 1. The van der Waals surface area contributed by atoms with Crippen LogP contribution in [0.25, 0.3) is 0 Å². The van der Waals surface area contributed by atoms with Crippen molar-refractivity contribution in [1.29, 1.82) is 0 Å². The van der Waals surface area contributed by atoms with Crippen LogP contribution in [0.2, 0.25) is 0 Å². The van der Waals surface area contributed by atoms with Crippen molar-refractivity contribution < 1.29 is 9.53 Å². The van der Waals surface area contributed by atoms with E-state index in [2.05, 4.69) is 35.8 Å². The maximum atomic E-state index is 11.6. The molecule has 0 aliphatic carbocycles. The van der Waals surface area contributed by atoms with E-state index in [1.165, 1.54) is 17.5 Å². The molecule has 0 aromatic heterocycles. The number of ether oxygens (including phenoxy) is 1. The smallest absolute Gasteiger partial charge is 0.246 e. The van der Waals surface area contributed by atoms with Gasteiger partial charge in [-0.3, -0.25) is 4.79 Å². The van der Waals surface area contributed by atoms with Gasteiger partial charge >= 0.3 is 0 Å². The maximum absolute atomic E-state index is 11.6. The van der Waals surface area contributed by atoms with E-state index in [0.717, 1.165) is 31.5 Å². The third-order valence-electron chi connectivity index (χ3n) is 3.52. The van der Waals surface area contributed by atoms with Gasteiger partial charge in [-0.25, -0.2) is 0 Å². The SMILES string of the molecule is CCCCCOCC(=O)NCc1ccc2c(c1)CNC2.Cl. The second-order valence-electron chi connectivity index (χ2n) is 5.24. The largest absolute Gasteiger partial charge is 0.372 e. The third-order valence-corrected chi connectivity index (χ3v) is 3.52. The van der Waals surface area contributed by atoms with Gasteiger partial charge in [0, 0.05) is 26.2 Å². The molecule has 1 aliphatic rings. The molecule has 1 amide bonds. The molecule has 1 aromatic carbocycles. The standard InChI is InChI=1S/C16H24N2O2.ClH/c1-2-3-4-7-20-12-16(19)18-9-13-5-6-14-10-17-11-15(14)8-13;/h5-6,8,17H,2-4,7,9-12H2,1H3,(H,18,19);1H. The fraction of sp³-hybridized carbons (Fsp3) is 0.562. The second-order valence-corrected chi connectivity index (χ2v) is 5.24. The van der Waals surface area contributed by atoms with E-state index in [4.69, 9.17) is 4.74 Å². The summed E-state index contributed by atoms with van der Waals surface area (Å²) in [6, 6.07) is 6.38. The molecular weight excluding hydrogens is 288 g/mol. The quantitative estimate of drug-likeness (QED) is 0.725. The van der Waals surface area contributed by atoms with Gasteiger partial charge in [-0.05, 0) is 23.1 Å². The highest BCUT2D eigenvalue weighted by molar-refractivity contribution is 5.85. The Bertz CT molecular complexity index is 452. The van der Waals surface area contributed by atoms with Crippen LogP contribution in [0, 0.1) is 0 Å². The van der Waals surface area contributed by atoms with Gasteiger partial charge in [-0.1, -0.05) is 38.0 Å². The van der Waals surface area contributed by atoms with Gasteiger partial charge in [-0.15, -0.1) is 12.4 Å². The molecule has 0 saturated carbocycles. The summed E-state index contributed by atoms with van der Waals surface area (Å²) in [5.41, 5.74) is 3.85. The van der Waals surface area contributed by atoms with Gasteiger partial charge in [0.2, 0.25) is 5.91 Å². The predicted octanol–water partition coefficient (Wildman–Crippen LogP) is 2.53. The van der Waals surface area contributed by atoms with Crippen molar-refractivity contribution in [3.05, 3.63) is 34.9 Å². The molecular formula is C16H25ClN2O2. The minimum Gasteiger partial charge on any atom is -0.372 e. The van der Waals surface area contributed by atoms with Crippen molar-refractivity contribution in [2.24, 2.45) is 0 Å². The summed E-state index contributed by atoms with van der Waals surface area (Å²) in [6.07, 6.45) is 3.36. The number of hydrogen-bond acceptors (Lipinski definition) is 3. The van der Waals surface area contributed by atoms with Crippen LogP contribution in [0.3, 0.4) is 0 Å². The number of benzene rings is 1. The average molecular weight is 313 g/mol. The van der Waals surface area contributed by atoms with E-state index >= 15 is 0 Å². The molecule has 2 N–H and O–H groups in total. The number of fused-ring (bicyclic) bond motifs is 1. The summed E-state index contributed by atoms with van der Waals surface area (Å²) in [6.45, 7) is 5.44. The number of nitrogens with one attached hydrogen (secondary N) is 2. The first-order chi connectivity index (χ1) is 9.79. The summed E-state index contributed by atoms with van der Waals surface area (Å²) in [4.78, 5) is 11.6. The predicted molar refractivity (Wildman–Crippen MR) is 86.4 cm³/mol. The van der Waals surface area contributed by atoms with E-state index in [9.17, 15) is 4.79 Å². The van der Waals surface area contributed by atoms with Crippen molar-refractivity contribution in [3.8, 4) is 0 Å². The van der Waals surface area contributed by atoms with Crippen molar-refractivity contribution in [2.45, 2.75) is 45.8 Å². The number of amides is 1. The number of halogens is 1. The molecule has 0 radical (unpaired) electrons. The van der Waals surface area contributed by atoms with E-state index < -0.39 is 0 Å². The minimum atomic E-state index is -0.0416. The van der Waals surface area contributed by atoms with Crippen LogP contribution in [0.1, 0.15) is 42.9 Å². The van der Waals surface area contributed by atoms with Crippen molar-refractivity contribution in [2.75, 3.05) is 13.2 Å². The summed E-state index contributed by atoms with van der Waals surface area (Å²) in [5, 5.41) is 6.21. The van der Waals surface area contributed by atoms with Gasteiger partial charge in [0.25, 0.3) is 0 Å². The van der Waals surface area contributed by atoms with Gasteiger partial charge in [-0.2, -0.15) is 0 Å². The minimum absolute atomic E-state index is 0. The zero-order chi connectivity index (χ0) is 14.2. The molecule has 1 aromatic rings. The second kappa shape index (κ2) is 9.77. The van der Waals surface area contributed by atoms with Crippen LogP contribution in [-0.4, -0.2) is 19.1 Å². The molecule has 5 heteroatoms. The molecule has 0 spiro atoms. The lowest BCUT2D eigenvalue weighted by molar-refractivity contribution is -0.125. The maximum Gasteiger partial charge on any atom is 0.246 e. The topological polar surface area (TPSA) is 50.4 Å². The highest BCUT2D eigenvalue weighted by atomic mass is 35.5. The number of carbonyl (C=O) groups excluding carboxylic acids is 1. The third kappa shape index (κ3) is 6.04. The Balaban J connectivity index is 0.00000220. The van der Waals surface area contributed by atoms with E-state index in [0.29, 0.717) is 13.2 Å². The van der Waals surface area contributed by atoms with Crippen molar-refractivity contribution in [1.82, 2.24) is 10.6 Å². The van der Waals surface area contributed by atoms with E-state index in [1.54, 1.807) is 0 Å². The van der Waals surface area contributed by atoms with Crippen LogP contribution < -0.4 is 10.6 Å². The first kappa shape index (κ1) is 18.0. The summed E-state index contributed by atoms with van der Waals surface area (Å²) < 4.78 is 5.34. The molecule has 118 valence electrons. The van der Waals surface area contributed by atoms with Crippen LogP contribution in [0.5, 0.6) is 0 Å². The average Bonchev–Trinajstić information content (AvgIpc) is 2.92. The highest BCUT2D eigenvalue weighted by Crippen LogP contribution is 2.16. The Morgan fingerprint density at radius 2 is 2.10 bits per heavy atom. The van der Waals surface area contributed by atoms with Crippen molar-refractivity contribution >= 4 is 18.3 Å². The molecule has 4 nitrogen and oxygen atoms in total. The molecule has 21 heavy (non-hydrogen) atoms. The zero-order valence-electron chi connectivity index (χ0n) is 12.6. The Morgan fingerprint density at radius 3 is 2.90 bits per heavy atom. The fourth-order valence-electron chi connectivity index (χ4n) is 2.33. The molecule has 1 aliphatic heterocycles. The molecule has 1 heterocycles. The Labute approximate surface area is 133 Å². The number of unbranched alkanes of at least 4 members (excludes halogenated alkanes) is 2. The normalized spacial score (nSPS) is 12.6.